The third-order valence-corrected chi connectivity index (χ3v) is 5.87. The van der Waals surface area contributed by atoms with Crippen LogP contribution in [-0.2, 0) is 17.6 Å². The van der Waals surface area contributed by atoms with E-state index in [9.17, 15) is 4.79 Å². The topological polar surface area (TPSA) is 23.6 Å². The number of likely N-dealkylation sites (tertiary alicyclic amines) is 1. The van der Waals surface area contributed by atoms with Crippen LogP contribution in [0.15, 0.2) is 24.3 Å². The third-order valence-electron chi connectivity index (χ3n) is 4.95. The Bertz CT molecular complexity index is 489. The number of carbonyl (C=O) groups is 1. The van der Waals surface area contributed by atoms with E-state index >= 15 is 0 Å². The van der Waals surface area contributed by atoms with Gasteiger partial charge in [-0.1, -0.05) is 24.3 Å². The van der Waals surface area contributed by atoms with Gasteiger partial charge in [0.05, 0.1) is 5.75 Å². The average molecular weight is 318 g/mol. The van der Waals surface area contributed by atoms with Crippen LogP contribution in [0.2, 0.25) is 0 Å². The van der Waals surface area contributed by atoms with E-state index in [0.717, 1.165) is 25.1 Å². The number of hydrogen-bond donors (Lipinski definition) is 0. The predicted octanol–water partition coefficient (Wildman–Crippen LogP) is 2.44. The molecule has 120 valence electrons. The second kappa shape index (κ2) is 7.51. The van der Waals surface area contributed by atoms with Crippen molar-refractivity contribution in [3.05, 3.63) is 35.4 Å². The SMILES string of the molecule is CN(C(=O)CSCCN1CCCC1)C1Cc2ccccc2C1. The normalized spacial score (nSPS) is 18.6. The summed E-state index contributed by atoms with van der Waals surface area (Å²) in [6.07, 6.45) is 4.71. The molecule has 1 aromatic rings. The van der Waals surface area contributed by atoms with Crippen molar-refractivity contribution in [3.63, 3.8) is 0 Å². The Morgan fingerprint density at radius 1 is 1.23 bits per heavy atom. The molecule has 0 N–H and O–H groups in total. The van der Waals surface area contributed by atoms with Gasteiger partial charge >= 0.3 is 0 Å². The van der Waals surface area contributed by atoms with Crippen molar-refractivity contribution in [2.75, 3.05) is 38.2 Å². The van der Waals surface area contributed by atoms with Gasteiger partial charge < -0.3 is 9.80 Å². The summed E-state index contributed by atoms with van der Waals surface area (Å²) in [5, 5.41) is 0. The Kier molecular flexibility index (Phi) is 5.42. The zero-order valence-corrected chi connectivity index (χ0v) is 14.3. The second-order valence-electron chi connectivity index (χ2n) is 6.44. The van der Waals surface area contributed by atoms with Gasteiger partial charge in [-0.3, -0.25) is 4.79 Å². The van der Waals surface area contributed by atoms with E-state index in [1.165, 1.54) is 37.1 Å². The number of benzene rings is 1. The maximum absolute atomic E-state index is 12.4. The van der Waals surface area contributed by atoms with Gasteiger partial charge in [0.1, 0.15) is 0 Å². The molecule has 1 saturated heterocycles. The van der Waals surface area contributed by atoms with E-state index in [0.29, 0.717) is 11.8 Å². The van der Waals surface area contributed by atoms with Crippen LogP contribution in [0.3, 0.4) is 0 Å². The summed E-state index contributed by atoms with van der Waals surface area (Å²) in [6, 6.07) is 8.93. The molecule has 0 bridgehead atoms. The Balaban J connectivity index is 1.39. The summed E-state index contributed by atoms with van der Waals surface area (Å²) < 4.78 is 0. The van der Waals surface area contributed by atoms with Gasteiger partial charge in [0.2, 0.25) is 5.91 Å². The minimum absolute atomic E-state index is 0.282. The summed E-state index contributed by atoms with van der Waals surface area (Å²) in [6.45, 7) is 3.63. The van der Waals surface area contributed by atoms with E-state index in [-0.39, 0.29) is 5.91 Å². The Morgan fingerprint density at radius 3 is 2.50 bits per heavy atom. The van der Waals surface area contributed by atoms with Gasteiger partial charge in [-0.25, -0.2) is 0 Å². The highest BCUT2D eigenvalue weighted by Gasteiger charge is 2.26. The molecule has 0 aromatic heterocycles. The molecule has 0 spiro atoms. The number of rotatable bonds is 6. The molecule has 1 heterocycles. The van der Waals surface area contributed by atoms with Crippen molar-refractivity contribution in [3.8, 4) is 0 Å². The smallest absolute Gasteiger partial charge is 0.232 e. The molecule has 22 heavy (non-hydrogen) atoms. The molecule has 0 saturated carbocycles. The van der Waals surface area contributed by atoms with Gasteiger partial charge in [0.25, 0.3) is 0 Å². The zero-order valence-electron chi connectivity index (χ0n) is 13.5. The fraction of sp³-hybridized carbons (Fsp3) is 0.611. The van der Waals surface area contributed by atoms with E-state index in [4.69, 9.17) is 0 Å². The molecule has 1 aromatic carbocycles. The summed E-state index contributed by atoms with van der Waals surface area (Å²) in [5.74, 6) is 1.98. The van der Waals surface area contributed by atoms with Gasteiger partial charge in [-0.05, 0) is 49.9 Å². The standard InChI is InChI=1S/C18H26N2OS/c1-19(17-12-15-6-2-3-7-16(15)13-17)18(21)14-22-11-10-20-8-4-5-9-20/h2-3,6-7,17H,4-5,8-14H2,1H3. The van der Waals surface area contributed by atoms with Crippen molar-refractivity contribution in [1.82, 2.24) is 9.80 Å². The minimum atomic E-state index is 0.282. The molecule has 1 amide bonds. The number of thioether (sulfide) groups is 1. The van der Waals surface area contributed by atoms with Crippen LogP contribution in [0, 0.1) is 0 Å². The first-order chi connectivity index (χ1) is 10.7. The van der Waals surface area contributed by atoms with E-state index in [1.54, 1.807) is 11.8 Å². The maximum Gasteiger partial charge on any atom is 0.232 e. The molecule has 0 unspecified atom stereocenters. The monoisotopic (exact) mass is 318 g/mol. The van der Waals surface area contributed by atoms with Crippen molar-refractivity contribution in [1.29, 1.82) is 0 Å². The van der Waals surface area contributed by atoms with Crippen molar-refractivity contribution in [2.45, 2.75) is 31.7 Å². The zero-order chi connectivity index (χ0) is 15.4. The third kappa shape index (κ3) is 3.85. The van der Waals surface area contributed by atoms with Crippen LogP contribution in [-0.4, -0.2) is 59.9 Å². The molecule has 4 heteroatoms. The number of nitrogens with zero attached hydrogens (tertiary/aromatic N) is 2. The predicted molar refractivity (Wildman–Crippen MR) is 93.4 cm³/mol. The van der Waals surface area contributed by atoms with Gasteiger partial charge in [0.15, 0.2) is 0 Å². The lowest BCUT2D eigenvalue weighted by Gasteiger charge is -2.24. The van der Waals surface area contributed by atoms with Crippen LogP contribution in [0.5, 0.6) is 0 Å². The van der Waals surface area contributed by atoms with Crippen molar-refractivity contribution < 1.29 is 4.79 Å². The molecule has 0 atom stereocenters. The molecule has 1 aliphatic heterocycles. The number of carbonyl (C=O) groups excluding carboxylic acids is 1. The molecule has 1 fully saturated rings. The van der Waals surface area contributed by atoms with Gasteiger partial charge in [-0.15, -0.1) is 0 Å². The van der Waals surface area contributed by atoms with E-state index in [2.05, 4.69) is 29.2 Å². The highest BCUT2D eigenvalue weighted by atomic mass is 32.2. The van der Waals surface area contributed by atoms with Crippen molar-refractivity contribution in [2.24, 2.45) is 0 Å². The van der Waals surface area contributed by atoms with Crippen LogP contribution >= 0.6 is 11.8 Å². The summed E-state index contributed by atoms with van der Waals surface area (Å²) in [4.78, 5) is 16.9. The summed E-state index contributed by atoms with van der Waals surface area (Å²) in [5.41, 5.74) is 2.82. The lowest BCUT2D eigenvalue weighted by molar-refractivity contribution is -0.128. The molecular formula is C18H26N2OS. The molecule has 3 nitrogen and oxygen atoms in total. The average Bonchev–Trinajstić information content (AvgIpc) is 3.19. The summed E-state index contributed by atoms with van der Waals surface area (Å²) in [7, 11) is 1.97. The Labute approximate surface area is 138 Å². The van der Waals surface area contributed by atoms with Gasteiger partial charge in [-0.2, -0.15) is 11.8 Å². The molecule has 0 radical (unpaired) electrons. The van der Waals surface area contributed by atoms with E-state index in [1.807, 2.05) is 11.9 Å². The van der Waals surface area contributed by atoms with Gasteiger partial charge in [0, 0.05) is 25.4 Å². The number of fused-ring (bicyclic) bond motifs is 1. The summed E-state index contributed by atoms with van der Waals surface area (Å²) >= 11 is 1.79. The van der Waals surface area contributed by atoms with Crippen molar-refractivity contribution >= 4 is 17.7 Å². The first kappa shape index (κ1) is 15.9. The first-order valence-corrected chi connectivity index (χ1v) is 9.52. The quantitative estimate of drug-likeness (QED) is 0.753. The Morgan fingerprint density at radius 2 is 1.86 bits per heavy atom. The van der Waals surface area contributed by atoms with Crippen LogP contribution in [0.4, 0.5) is 0 Å². The minimum Gasteiger partial charge on any atom is -0.341 e. The largest absolute Gasteiger partial charge is 0.341 e. The number of amides is 1. The number of hydrogen-bond acceptors (Lipinski definition) is 3. The fourth-order valence-electron chi connectivity index (χ4n) is 3.47. The molecular weight excluding hydrogens is 292 g/mol. The molecule has 3 rings (SSSR count). The van der Waals surface area contributed by atoms with Crippen LogP contribution in [0.1, 0.15) is 24.0 Å². The van der Waals surface area contributed by atoms with E-state index < -0.39 is 0 Å². The highest BCUT2D eigenvalue weighted by molar-refractivity contribution is 7.99. The second-order valence-corrected chi connectivity index (χ2v) is 7.54. The fourth-order valence-corrected chi connectivity index (χ4v) is 4.38. The highest BCUT2D eigenvalue weighted by Crippen LogP contribution is 2.25. The Hall–Kier alpha value is -1.00. The van der Waals surface area contributed by atoms with Crippen LogP contribution < -0.4 is 0 Å². The molecule has 1 aliphatic carbocycles. The van der Waals surface area contributed by atoms with Crippen LogP contribution in [0.25, 0.3) is 0 Å². The lowest BCUT2D eigenvalue weighted by Crippen LogP contribution is -2.38. The lowest BCUT2D eigenvalue weighted by atomic mass is 10.1. The maximum atomic E-state index is 12.4. The number of likely N-dealkylation sites (N-methyl/N-ethyl adjacent to an activating group) is 1. The molecule has 2 aliphatic rings. The first-order valence-electron chi connectivity index (χ1n) is 8.36.